The van der Waals surface area contributed by atoms with Crippen LogP contribution in [0.4, 0.5) is 4.79 Å². The van der Waals surface area contributed by atoms with E-state index in [0.717, 1.165) is 26.7 Å². The van der Waals surface area contributed by atoms with Crippen molar-refractivity contribution in [2.75, 3.05) is 7.11 Å². The minimum atomic E-state index is -0.392. The van der Waals surface area contributed by atoms with Crippen LogP contribution in [-0.2, 0) is 17.9 Å². The van der Waals surface area contributed by atoms with Gasteiger partial charge in [-0.1, -0.05) is 57.3 Å². The fourth-order valence-corrected chi connectivity index (χ4v) is 5.45. The summed E-state index contributed by atoms with van der Waals surface area (Å²) in [5, 5.41) is 0.511. The molecular formula is C25H17Br2Cl2NO4S. The number of carbonyl (C=O) groups excluding carboxylic acids is 2. The second-order valence-corrected chi connectivity index (χ2v) is 11.1. The molecule has 35 heavy (non-hydrogen) atoms. The molecule has 1 saturated heterocycles. The van der Waals surface area contributed by atoms with Crippen molar-refractivity contribution >= 4 is 84.0 Å². The molecule has 0 atom stereocenters. The summed E-state index contributed by atoms with van der Waals surface area (Å²) in [6, 6.07) is 16.3. The van der Waals surface area contributed by atoms with Gasteiger partial charge in [0.05, 0.1) is 23.0 Å². The summed E-state index contributed by atoms with van der Waals surface area (Å²) in [7, 11) is 1.54. The zero-order valence-corrected chi connectivity index (χ0v) is 23.7. The Balaban J connectivity index is 1.53. The molecule has 0 bridgehead atoms. The molecule has 5 nitrogen and oxygen atoms in total. The summed E-state index contributed by atoms with van der Waals surface area (Å²) in [6.45, 7) is 0.418. The first-order valence-corrected chi connectivity index (χ1v) is 13.3. The second-order valence-electron chi connectivity index (χ2n) is 7.45. The van der Waals surface area contributed by atoms with Gasteiger partial charge >= 0.3 is 0 Å². The van der Waals surface area contributed by atoms with E-state index in [9.17, 15) is 9.59 Å². The molecule has 1 aliphatic rings. The highest BCUT2D eigenvalue weighted by Crippen LogP contribution is 2.40. The summed E-state index contributed by atoms with van der Waals surface area (Å²) in [5.74, 6) is 0.643. The lowest BCUT2D eigenvalue weighted by molar-refractivity contribution is -0.123. The lowest BCUT2D eigenvalue weighted by atomic mass is 10.1. The Morgan fingerprint density at radius 1 is 1.03 bits per heavy atom. The van der Waals surface area contributed by atoms with Crippen LogP contribution in [0.2, 0.25) is 10.0 Å². The van der Waals surface area contributed by atoms with Crippen molar-refractivity contribution in [2.24, 2.45) is 0 Å². The standard InChI is InChI=1S/C25H17Br2Cl2NO4S/c1-33-21-9-15(8-19(27)23(21)34-13-14-2-5-17(26)6-3-14)10-22-24(31)30(25(32)35-22)12-16-4-7-18(28)11-20(16)29/h2-11H,12-13H2,1H3/b22-10+. The fourth-order valence-electron chi connectivity index (χ4n) is 3.31. The van der Waals surface area contributed by atoms with Gasteiger partial charge in [-0.05, 0) is 86.9 Å². The molecular weight excluding hydrogens is 641 g/mol. The van der Waals surface area contributed by atoms with E-state index in [-0.39, 0.29) is 11.8 Å². The number of carbonyl (C=O) groups is 2. The van der Waals surface area contributed by atoms with Crippen molar-refractivity contribution in [3.63, 3.8) is 0 Å². The van der Waals surface area contributed by atoms with Gasteiger partial charge in [0.2, 0.25) is 0 Å². The zero-order valence-electron chi connectivity index (χ0n) is 18.2. The second kappa shape index (κ2) is 11.4. The molecule has 0 radical (unpaired) electrons. The molecule has 0 N–H and O–H groups in total. The van der Waals surface area contributed by atoms with Crippen LogP contribution in [0.5, 0.6) is 11.5 Å². The Hall–Kier alpha value is -1.97. The largest absolute Gasteiger partial charge is 0.493 e. The van der Waals surface area contributed by atoms with Crippen molar-refractivity contribution < 1.29 is 19.1 Å². The number of halogens is 4. The van der Waals surface area contributed by atoms with E-state index >= 15 is 0 Å². The molecule has 2 amide bonds. The van der Waals surface area contributed by atoms with Crippen LogP contribution in [0.3, 0.4) is 0 Å². The van der Waals surface area contributed by atoms with Crippen LogP contribution in [0.1, 0.15) is 16.7 Å². The molecule has 3 aromatic carbocycles. The maximum atomic E-state index is 13.0. The van der Waals surface area contributed by atoms with Crippen molar-refractivity contribution in [1.82, 2.24) is 4.90 Å². The first kappa shape index (κ1) is 26.1. The number of thioether (sulfide) groups is 1. The quantitative estimate of drug-likeness (QED) is 0.239. The lowest BCUT2D eigenvalue weighted by Crippen LogP contribution is -2.27. The van der Waals surface area contributed by atoms with Gasteiger partial charge in [0, 0.05) is 14.5 Å². The normalized spacial score (nSPS) is 14.7. The molecule has 4 rings (SSSR count). The van der Waals surface area contributed by atoms with Crippen LogP contribution < -0.4 is 9.47 Å². The Kier molecular flexibility index (Phi) is 8.50. The third kappa shape index (κ3) is 6.24. The van der Waals surface area contributed by atoms with Crippen molar-refractivity contribution in [1.29, 1.82) is 0 Å². The maximum Gasteiger partial charge on any atom is 0.293 e. The lowest BCUT2D eigenvalue weighted by Gasteiger charge is -2.14. The van der Waals surface area contributed by atoms with Crippen LogP contribution in [0, 0.1) is 0 Å². The van der Waals surface area contributed by atoms with Gasteiger partial charge < -0.3 is 9.47 Å². The molecule has 10 heteroatoms. The van der Waals surface area contributed by atoms with Gasteiger partial charge in [0.15, 0.2) is 11.5 Å². The van der Waals surface area contributed by atoms with E-state index in [1.807, 2.05) is 30.3 Å². The van der Waals surface area contributed by atoms with E-state index in [0.29, 0.717) is 48.7 Å². The van der Waals surface area contributed by atoms with Gasteiger partial charge in [-0.2, -0.15) is 0 Å². The molecule has 0 saturated carbocycles. The third-order valence-electron chi connectivity index (χ3n) is 5.06. The number of hydrogen-bond acceptors (Lipinski definition) is 5. The van der Waals surface area contributed by atoms with Gasteiger partial charge in [-0.15, -0.1) is 0 Å². The van der Waals surface area contributed by atoms with Gasteiger partial charge in [0.1, 0.15) is 6.61 Å². The molecule has 0 aromatic heterocycles. The Morgan fingerprint density at radius 3 is 2.46 bits per heavy atom. The first-order chi connectivity index (χ1) is 16.7. The average molecular weight is 658 g/mol. The number of rotatable bonds is 7. The summed E-state index contributed by atoms with van der Waals surface area (Å²) >= 11 is 20.0. The van der Waals surface area contributed by atoms with E-state index in [1.165, 1.54) is 0 Å². The predicted octanol–water partition coefficient (Wildman–Crippen LogP) is 8.34. The monoisotopic (exact) mass is 655 g/mol. The number of hydrogen-bond donors (Lipinski definition) is 0. The summed E-state index contributed by atoms with van der Waals surface area (Å²) in [6.07, 6.45) is 1.65. The van der Waals surface area contributed by atoms with Crippen molar-refractivity contribution in [2.45, 2.75) is 13.2 Å². The van der Waals surface area contributed by atoms with Gasteiger partial charge in [-0.25, -0.2) is 0 Å². The minimum absolute atomic E-state index is 0.0634. The van der Waals surface area contributed by atoms with Crippen LogP contribution in [-0.4, -0.2) is 23.2 Å². The van der Waals surface area contributed by atoms with Crippen LogP contribution >= 0.6 is 66.8 Å². The third-order valence-corrected chi connectivity index (χ3v) is 7.68. The molecule has 3 aromatic rings. The highest BCUT2D eigenvalue weighted by atomic mass is 79.9. The zero-order chi connectivity index (χ0) is 25.1. The van der Waals surface area contributed by atoms with Gasteiger partial charge in [-0.3, -0.25) is 14.5 Å². The molecule has 0 spiro atoms. The molecule has 0 unspecified atom stereocenters. The Bertz CT molecular complexity index is 1330. The molecule has 1 aliphatic heterocycles. The Labute approximate surface area is 233 Å². The number of amides is 2. The molecule has 1 fully saturated rings. The number of imide groups is 1. The van der Waals surface area contributed by atoms with Gasteiger partial charge in [0.25, 0.3) is 11.1 Å². The number of benzene rings is 3. The summed E-state index contributed by atoms with van der Waals surface area (Å²) < 4.78 is 13.2. The van der Waals surface area contributed by atoms with E-state index in [4.69, 9.17) is 32.7 Å². The smallest absolute Gasteiger partial charge is 0.293 e. The predicted molar refractivity (Wildman–Crippen MR) is 147 cm³/mol. The Morgan fingerprint density at radius 2 is 1.77 bits per heavy atom. The van der Waals surface area contributed by atoms with E-state index in [2.05, 4.69) is 31.9 Å². The first-order valence-electron chi connectivity index (χ1n) is 10.2. The fraction of sp³-hybridized carbons (Fsp3) is 0.120. The van der Waals surface area contributed by atoms with Crippen LogP contribution in [0.15, 0.2) is 68.4 Å². The highest BCUT2D eigenvalue weighted by molar-refractivity contribution is 9.10. The SMILES string of the molecule is COc1cc(/C=C2/SC(=O)N(Cc3ccc(Cl)cc3Cl)C2=O)cc(Br)c1OCc1ccc(Br)cc1. The van der Waals surface area contributed by atoms with Crippen molar-refractivity contribution in [3.8, 4) is 11.5 Å². The van der Waals surface area contributed by atoms with Crippen molar-refractivity contribution in [3.05, 3.63) is 95.2 Å². The van der Waals surface area contributed by atoms with E-state index < -0.39 is 5.91 Å². The number of nitrogens with zero attached hydrogens (tertiary/aromatic N) is 1. The van der Waals surface area contributed by atoms with E-state index in [1.54, 1.807) is 37.5 Å². The minimum Gasteiger partial charge on any atom is -0.493 e. The molecule has 1 heterocycles. The molecule has 180 valence electrons. The number of methoxy groups -OCH3 is 1. The van der Waals surface area contributed by atoms with Crippen LogP contribution in [0.25, 0.3) is 6.08 Å². The molecule has 0 aliphatic carbocycles. The average Bonchev–Trinajstić information content (AvgIpc) is 3.08. The topological polar surface area (TPSA) is 55.8 Å². The summed E-state index contributed by atoms with van der Waals surface area (Å²) in [5.41, 5.74) is 2.32. The number of ether oxygens (including phenoxy) is 2. The summed E-state index contributed by atoms with van der Waals surface area (Å²) in [4.78, 5) is 27.0. The maximum absolute atomic E-state index is 13.0. The highest BCUT2D eigenvalue weighted by Gasteiger charge is 2.35.